The van der Waals surface area contributed by atoms with Gasteiger partial charge >= 0.3 is 0 Å². The molecule has 2 aromatic rings. The summed E-state index contributed by atoms with van der Waals surface area (Å²) in [5.74, 6) is 0.601. The number of nitrogens with one attached hydrogen (secondary N) is 1. The number of rotatable bonds is 4. The summed E-state index contributed by atoms with van der Waals surface area (Å²) in [6, 6.07) is 11.8. The molecule has 1 atom stereocenters. The third-order valence-electron chi connectivity index (χ3n) is 2.76. The molecule has 0 radical (unpaired) electrons. The molecule has 0 spiro atoms. The highest BCUT2D eigenvalue weighted by Gasteiger charge is 2.05. The molecule has 4 heteroatoms. The van der Waals surface area contributed by atoms with Crippen molar-refractivity contribution >= 4 is 11.4 Å². The van der Waals surface area contributed by atoms with E-state index in [-0.39, 0.29) is 6.04 Å². The first-order valence-electron chi connectivity index (χ1n) is 5.81. The van der Waals surface area contributed by atoms with Crippen LogP contribution >= 0.6 is 0 Å². The summed E-state index contributed by atoms with van der Waals surface area (Å²) in [6.07, 6.45) is 1.72. The minimum atomic E-state index is 0.192. The van der Waals surface area contributed by atoms with Gasteiger partial charge in [-0.3, -0.25) is 0 Å². The molecule has 0 amide bonds. The maximum Gasteiger partial charge on any atom is 0.214 e. The largest absolute Gasteiger partial charge is 0.481 e. The first kappa shape index (κ1) is 12.2. The number of benzene rings is 1. The quantitative estimate of drug-likeness (QED) is 0.811. The van der Waals surface area contributed by atoms with Crippen molar-refractivity contribution in [1.82, 2.24) is 4.98 Å². The summed E-state index contributed by atoms with van der Waals surface area (Å²) in [5.41, 5.74) is 8.61. The molecule has 1 unspecified atom stereocenters. The van der Waals surface area contributed by atoms with Crippen molar-refractivity contribution in [3.8, 4) is 5.88 Å². The number of aromatic nitrogens is 1. The van der Waals surface area contributed by atoms with Crippen molar-refractivity contribution in [3.05, 3.63) is 48.2 Å². The lowest BCUT2D eigenvalue weighted by atomic mass is 10.1. The Morgan fingerprint density at radius 3 is 2.61 bits per heavy atom. The van der Waals surface area contributed by atoms with Gasteiger partial charge in [-0.25, -0.2) is 4.98 Å². The normalized spacial score (nSPS) is 11.9. The van der Waals surface area contributed by atoms with Crippen molar-refractivity contribution in [3.63, 3.8) is 0 Å². The fraction of sp³-hybridized carbons (Fsp3) is 0.214. The lowest BCUT2D eigenvalue weighted by Crippen LogP contribution is -2.06. The van der Waals surface area contributed by atoms with Gasteiger partial charge < -0.3 is 15.8 Å². The van der Waals surface area contributed by atoms with E-state index < -0.39 is 0 Å². The molecule has 0 fully saturated rings. The standard InChI is InChI=1S/C14H17N3O/c1-10(11-3-5-12(15)6-4-11)17-13-7-8-16-14(9-13)18-2/h3-10H,15H2,1-2H3,(H,16,17). The first-order valence-corrected chi connectivity index (χ1v) is 5.81. The highest BCUT2D eigenvalue weighted by molar-refractivity contribution is 5.48. The predicted octanol–water partition coefficient (Wildman–Crippen LogP) is 2.85. The molecule has 1 aromatic heterocycles. The molecule has 18 heavy (non-hydrogen) atoms. The number of nitrogen functional groups attached to an aromatic ring is 1. The second-order valence-corrected chi connectivity index (χ2v) is 4.12. The zero-order valence-electron chi connectivity index (χ0n) is 10.6. The number of pyridine rings is 1. The van der Waals surface area contributed by atoms with E-state index in [1.54, 1.807) is 13.3 Å². The van der Waals surface area contributed by atoms with E-state index in [0.717, 1.165) is 11.4 Å². The number of hydrogen-bond acceptors (Lipinski definition) is 4. The minimum absolute atomic E-state index is 0.192. The average Bonchev–Trinajstić information content (AvgIpc) is 2.39. The Hall–Kier alpha value is -2.23. The third-order valence-corrected chi connectivity index (χ3v) is 2.76. The van der Waals surface area contributed by atoms with Crippen LogP contribution in [-0.4, -0.2) is 12.1 Å². The molecular formula is C14H17N3O. The van der Waals surface area contributed by atoms with Gasteiger partial charge in [0.1, 0.15) is 0 Å². The lowest BCUT2D eigenvalue weighted by molar-refractivity contribution is 0.398. The Morgan fingerprint density at radius 2 is 1.94 bits per heavy atom. The maximum absolute atomic E-state index is 5.67. The van der Waals surface area contributed by atoms with Gasteiger partial charge in [0.05, 0.1) is 7.11 Å². The van der Waals surface area contributed by atoms with E-state index in [1.165, 1.54) is 5.56 Å². The predicted molar refractivity (Wildman–Crippen MR) is 73.7 cm³/mol. The molecule has 0 saturated heterocycles. The van der Waals surface area contributed by atoms with Crippen LogP contribution in [0.15, 0.2) is 42.6 Å². The van der Waals surface area contributed by atoms with Crippen LogP contribution < -0.4 is 15.8 Å². The molecule has 0 bridgehead atoms. The van der Waals surface area contributed by atoms with Gasteiger partial charge in [0, 0.05) is 29.7 Å². The minimum Gasteiger partial charge on any atom is -0.481 e. The van der Waals surface area contributed by atoms with Gasteiger partial charge in [-0.15, -0.1) is 0 Å². The summed E-state index contributed by atoms with van der Waals surface area (Å²) in [6.45, 7) is 2.10. The summed E-state index contributed by atoms with van der Waals surface area (Å²) in [5, 5.41) is 3.39. The third kappa shape index (κ3) is 2.91. The van der Waals surface area contributed by atoms with Gasteiger partial charge in [0.15, 0.2) is 0 Å². The molecule has 1 heterocycles. The Balaban J connectivity index is 2.10. The van der Waals surface area contributed by atoms with Crippen molar-refractivity contribution in [2.75, 3.05) is 18.2 Å². The van der Waals surface area contributed by atoms with Crippen molar-refractivity contribution < 1.29 is 4.74 Å². The van der Waals surface area contributed by atoms with Crippen molar-refractivity contribution in [1.29, 1.82) is 0 Å². The second kappa shape index (κ2) is 5.40. The fourth-order valence-corrected chi connectivity index (χ4v) is 1.73. The second-order valence-electron chi connectivity index (χ2n) is 4.12. The molecule has 0 aliphatic heterocycles. The zero-order chi connectivity index (χ0) is 13.0. The SMILES string of the molecule is COc1cc(NC(C)c2ccc(N)cc2)ccn1. The van der Waals surface area contributed by atoms with Crippen LogP contribution in [0.5, 0.6) is 5.88 Å². The van der Waals surface area contributed by atoms with Crippen LogP contribution in [0, 0.1) is 0 Å². The first-order chi connectivity index (χ1) is 8.69. The molecule has 2 rings (SSSR count). The number of nitrogens with zero attached hydrogens (tertiary/aromatic N) is 1. The van der Waals surface area contributed by atoms with E-state index >= 15 is 0 Å². The smallest absolute Gasteiger partial charge is 0.214 e. The van der Waals surface area contributed by atoms with Gasteiger partial charge in [0.25, 0.3) is 0 Å². The highest BCUT2D eigenvalue weighted by atomic mass is 16.5. The highest BCUT2D eigenvalue weighted by Crippen LogP contribution is 2.21. The summed E-state index contributed by atoms with van der Waals surface area (Å²) in [4.78, 5) is 4.07. The maximum atomic E-state index is 5.67. The number of ether oxygens (including phenoxy) is 1. The Morgan fingerprint density at radius 1 is 1.22 bits per heavy atom. The zero-order valence-corrected chi connectivity index (χ0v) is 10.6. The molecule has 1 aromatic carbocycles. The molecule has 0 aliphatic carbocycles. The van der Waals surface area contributed by atoms with Gasteiger partial charge in [-0.1, -0.05) is 12.1 Å². The molecule has 3 N–H and O–H groups in total. The number of methoxy groups -OCH3 is 1. The molecule has 0 aliphatic rings. The van der Waals surface area contributed by atoms with Crippen LogP contribution in [0.4, 0.5) is 11.4 Å². The van der Waals surface area contributed by atoms with Crippen LogP contribution in [-0.2, 0) is 0 Å². The molecular weight excluding hydrogens is 226 g/mol. The van der Waals surface area contributed by atoms with E-state index in [4.69, 9.17) is 10.5 Å². The van der Waals surface area contributed by atoms with Gasteiger partial charge in [0.2, 0.25) is 5.88 Å². The number of nitrogens with two attached hydrogens (primary N) is 1. The molecule has 4 nitrogen and oxygen atoms in total. The Bertz CT molecular complexity index is 511. The Labute approximate surface area is 107 Å². The summed E-state index contributed by atoms with van der Waals surface area (Å²) in [7, 11) is 1.61. The van der Waals surface area contributed by atoms with Crippen LogP contribution in [0.2, 0.25) is 0 Å². The lowest BCUT2D eigenvalue weighted by Gasteiger charge is -2.16. The van der Waals surface area contributed by atoms with Crippen LogP contribution in [0.3, 0.4) is 0 Å². The van der Waals surface area contributed by atoms with E-state index in [9.17, 15) is 0 Å². The summed E-state index contributed by atoms with van der Waals surface area (Å²) < 4.78 is 5.09. The van der Waals surface area contributed by atoms with E-state index in [1.807, 2.05) is 36.4 Å². The number of hydrogen-bond donors (Lipinski definition) is 2. The fourth-order valence-electron chi connectivity index (χ4n) is 1.73. The van der Waals surface area contributed by atoms with Crippen LogP contribution in [0.25, 0.3) is 0 Å². The average molecular weight is 243 g/mol. The van der Waals surface area contributed by atoms with Crippen LogP contribution in [0.1, 0.15) is 18.5 Å². The van der Waals surface area contributed by atoms with Crippen molar-refractivity contribution in [2.24, 2.45) is 0 Å². The topological polar surface area (TPSA) is 60.2 Å². The molecule has 94 valence electrons. The molecule has 0 saturated carbocycles. The van der Waals surface area contributed by atoms with Gasteiger partial charge in [-0.2, -0.15) is 0 Å². The monoisotopic (exact) mass is 243 g/mol. The van der Waals surface area contributed by atoms with Crippen molar-refractivity contribution in [2.45, 2.75) is 13.0 Å². The van der Waals surface area contributed by atoms with Gasteiger partial charge in [-0.05, 0) is 30.7 Å². The van der Waals surface area contributed by atoms with E-state index in [2.05, 4.69) is 17.2 Å². The number of anilines is 2. The summed E-state index contributed by atoms with van der Waals surface area (Å²) >= 11 is 0. The van der Waals surface area contributed by atoms with E-state index in [0.29, 0.717) is 5.88 Å². The Kier molecular flexibility index (Phi) is 3.67.